The van der Waals surface area contributed by atoms with Crippen molar-refractivity contribution >= 4 is 0 Å². The van der Waals surface area contributed by atoms with Gasteiger partial charge in [0.1, 0.15) is 5.76 Å². The van der Waals surface area contributed by atoms with E-state index in [2.05, 4.69) is 18.0 Å². The Morgan fingerprint density at radius 2 is 2.33 bits per heavy atom. The van der Waals surface area contributed by atoms with E-state index >= 15 is 0 Å². The maximum atomic E-state index is 5.66. The van der Waals surface area contributed by atoms with E-state index in [1.165, 1.54) is 11.3 Å². The molecule has 0 unspecified atom stereocenters. The first-order valence-corrected chi connectivity index (χ1v) is 7.68. The van der Waals surface area contributed by atoms with Gasteiger partial charge in [0, 0.05) is 43.9 Å². The molecule has 3 rings (SSSR count). The van der Waals surface area contributed by atoms with Crippen molar-refractivity contribution in [2.24, 2.45) is 0 Å². The van der Waals surface area contributed by atoms with Crippen molar-refractivity contribution in [1.82, 2.24) is 14.7 Å². The van der Waals surface area contributed by atoms with Crippen LogP contribution in [0, 0.1) is 0 Å². The van der Waals surface area contributed by atoms with Crippen LogP contribution < -0.4 is 0 Å². The van der Waals surface area contributed by atoms with Crippen molar-refractivity contribution in [3.05, 3.63) is 41.6 Å². The first-order chi connectivity index (χ1) is 10.3. The van der Waals surface area contributed by atoms with Crippen molar-refractivity contribution < 1.29 is 9.15 Å². The predicted molar refractivity (Wildman–Crippen MR) is 80.0 cm³/mol. The molecule has 2 aromatic rings. The third-order valence-corrected chi connectivity index (χ3v) is 3.94. The highest BCUT2D eigenvalue weighted by Crippen LogP contribution is 2.28. The summed E-state index contributed by atoms with van der Waals surface area (Å²) in [4.78, 5) is 2.41. The molecular formula is C16H23N3O2. The fourth-order valence-electron chi connectivity index (χ4n) is 2.94. The second-order valence-corrected chi connectivity index (χ2v) is 5.50. The van der Waals surface area contributed by atoms with Crippen LogP contribution in [0.25, 0.3) is 0 Å². The van der Waals surface area contributed by atoms with E-state index in [9.17, 15) is 0 Å². The zero-order chi connectivity index (χ0) is 14.7. The summed E-state index contributed by atoms with van der Waals surface area (Å²) in [5, 5.41) is 4.72. The highest BCUT2D eigenvalue weighted by molar-refractivity contribution is 5.25. The van der Waals surface area contributed by atoms with Gasteiger partial charge in [-0.1, -0.05) is 0 Å². The number of aryl methyl sites for hydroxylation is 1. The Bertz CT molecular complexity index is 562. The van der Waals surface area contributed by atoms with Crippen LogP contribution in [-0.2, 0) is 24.4 Å². The monoisotopic (exact) mass is 289 g/mol. The van der Waals surface area contributed by atoms with Gasteiger partial charge in [0.05, 0.1) is 25.1 Å². The third-order valence-electron chi connectivity index (χ3n) is 3.94. The number of fused-ring (bicyclic) bond motifs is 1. The lowest BCUT2D eigenvalue weighted by atomic mass is 9.97. The minimum absolute atomic E-state index is 0.344. The molecule has 0 aromatic carbocycles. The standard InChI is InChI=1S/C16H23N3O2/c1-3-19-10-13-8-18(11-15-6-5-7-21-15)9-14(12-20-4-2)16(13)17-19/h5-7,10,14H,3-4,8-9,11-12H2,1-2H3/t14-/m1/s1. The Morgan fingerprint density at radius 1 is 1.43 bits per heavy atom. The molecule has 0 radical (unpaired) electrons. The van der Waals surface area contributed by atoms with Crippen LogP contribution in [0.4, 0.5) is 0 Å². The van der Waals surface area contributed by atoms with Gasteiger partial charge in [0.2, 0.25) is 0 Å². The summed E-state index contributed by atoms with van der Waals surface area (Å²) in [7, 11) is 0. The summed E-state index contributed by atoms with van der Waals surface area (Å²) in [6.45, 7) is 9.29. The number of furan rings is 1. The minimum Gasteiger partial charge on any atom is -0.468 e. The number of aromatic nitrogens is 2. The maximum Gasteiger partial charge on any atom is 0.117 e. The number of hydrogen-bond acceptors (Lipinski definition) is 4. The summed E-state index contributed by atoms with van der Waals surface area (Å²) in [6, 6.07) is 3.97. The van der Waals surface area contributed by atoms with Crippen LogP contribution in [0.5, 0.6) is 0 Å². The zero-order valence-electron chi connectivity index (χ0n) is 12.8. The van der Waals surface area contributed by atoms with Gasteiger partial charge in [0.25, 0.3) is 0 Å². The minimum atomic E-state index is 0.344. The van der Waals surface area contributed by atoms with Gasteiger partial charge in [-0.3, -0.25) is 9.58 Å². The van der Waals surface area contributed by atoms with E-state index in [4.69, 9.17) is 14.3 Å². The normalized spacial score (nSPS) is 18.9. The molecule has 0 saturated carbocycles. The van der Waals surface area contributed by atoms with Gasteiger partial charge in [0.15, 0.2) is 0 Å². The lowest BCUT2D eigenvalue weighted by molar-refractivity contribution is 0.101. The third kappa shape index (κ3) is 3.19. The average molecular weight is 289 g/mol. The van der Waals surface area contributed by atoms with Crippen LogP contribution in [0.2, 0.25) is 0 Å². The molecule has 114 valence electrons. The zero-order valence-corrected chi connectivity index (χ0v) is 12.8. The van der Waals surface area contributed by atoms with Crippen LogP contribution in [0.15, 0.2) is 29.0 Å². The molecule has 21 heavy (non-hydrogen) atoms. The molecule has 5 nitrogen and oxygen atoms in total. The van der Waals surface area contributed by atoms with Gasteiger partial charge < -0.3 is 9.15 Å². The molecule has 0 bridgehead atoms. The Kier molecular flexibility index (Phi) is 4.41. The Hall–Kier alpha value is -1.59. The van der Waals surface area contributed by atoms with E-state index in [0.29, 0.717) is 5.92 Å². The topological polar surface area (TPSA) is 43.4 Å². The van der Waals surface area contributed by atoms with Gasteiger partial charge >= 0.3 is 0 Å². The molecule has 3 heterocycles. The second-order valence-electron chi connectivity index (χ2n) is 5.50. The summed E-state index contributed by atoms with van der Waals surface area (Å²) in [5.41, 5.74) is 2.53. The van der Waals surface area contributed by atoms with Gasteiger partial charge in [-0.25, -0.2) is 0 Å². The Morgan fingerprint density at radius 3 is 3.05 bits per heavy atom. The van der Waals surface area contributed by atoms with E-state index in [0.717, 1.165) is 45.2 Å². The first-order valence-electron chi connectivity index (χ1n) is 7.68. The van der Waals surface area contributed by atoms with Gasteiger partial charge in [-0.2, -0.15) is 5.10 Å². The Balaban J connectivity index is 1.77. The number of nitrogens with zero attached hydrogens (tertiary/aromatic N) is 3. The van der Waals surface area contributed by atoms with Crippen LogP contribution in [0.3, 0.4) is 0 Å². The molecule has 0 amide bonds. The van der Waals surface area contributed by atoms with Crippen LogP contribution in [-0.4, -0.2) is 34.4 Å². The number of ether oxygens (including phenoxy) is 1. The molecule has 0 N–H and O–H groups in total. The van der Waals surface area contributed by atoms with E-state index in [1.807, 2.05) is 23.7 Å². The molecule has 2 aromatic heterocycles. The highest BCUT2D eigenvalue weighted by atomic mass is 16.5. The van der Waals surface area contributed by atoms with Crippen molar-refractivity contribution in [3.63, 3.8) is 0 Å². The fraction of sp³-hybridized carbons (Fsp3) is 0.562. The van der Waals surface area contributed by atoms with Crippen molar-refractivity contribution in [3.8, 4) is 0 Å². The molecule has 0 aliphatic carbocycles. The quantitative estimate of drug-likeness (QED) is 0.820. The van der Waals surface area contributed by atoms with Crippen LogP contribution >= 0.6 is 0 Å². The average Bonchev–Trinajstić information content (AvgIpc) is 3.13. The van der Waals surface area contributed by atoms with E-state index in [1.54, 1.807) is 6.26 Å². The lowest BCUT2D eigenvalue weighted by Crippen LogP contribution is -2.34. The highest BCUT2D eigenvalue weighted by Gasteiger charge is 2.28. The van der Waals surface area contributed by atoms with E-state index in [-0.39, 0.29) is 0 Å². The molecule has 0 fully saturated rings. The molecule has 1 aliphatic rings. The van der Waals surface area contributed by atoms with Crippen molar-refractivity contribution in [1.29, 1.82) is 0 Å². The molecule has 0 spiro atoms. The van der Waals surface area contributed by atoms with Gasteiger partial charge in [-0.15, -0.1) is 0 Å². The fourth-order valence-corrected chi connectivity index (χ4v) is 2.94. The largest absolute Gasteiger partial charge is 0.468 e. The summed E-state index contributed by atoms with van der Waals surface area (Å²) in [6.07, 6.45) is 3.90. The lowest BCUT2D eigenvalue weighted by Gasteiger charge is -2.31. The Labute approximate surface area is 125 Å². The number of rotatable bonds is 6. The first kappa shape index (κ1) is 14.4. The molecule has 1 atom stereocenters. The molecule has 5 heteroatoms. The molecule has 0 saturated heterocycles. The smallest absolute Gasteiger partial charge is 0.117 e. The van der Waals surface area contributed by atoms with Gasteiger partial charge in [-0.05, 0) is 26.0 Å². The molecular weight excluding hydrogens is 266 g/mol. The van der Waals surface area contributed by atoms with Crippen LogP contribution in [0.1, 0.15) is 36.8 Å². The van der Waals surface area contributed by atoms with Crippen molar-refractivity contribution in [2.45, 2.75) is 39.4 Å². The number of hydrogen-bond donors (Lipinski definition) is 0. The second kappa shape index (κ2) is 6.45. The summed E-state index contributed by atoms with van der Waals surface area (Å²) >= 11 is 0. The summed E-state index contributed by atoms with van der Waals surface area (Å²) < 4.78 is 13.2. The van der Waals surface area contributed by atoms with E-state index < -0.39 is 0 Å². The predicted octanol–water partition coefficient (Wildman–Crippen LogP) is 2.63. The SMILES string of the molecule is CCOC[C@H]1CN(Cc2ccco2)Cc2cn(CC)nc21. The summed E-state index contributed by atoms with van der Waals surface area (Å²) in [5.74, 6) is 1.35. The maximum absolute atomic E-state index is 5.66. The van der Waals surface area contributed by atoms with Crippen molar-refractivity contribution in [2.75, 3.05) is 19.8 Å². The molecule has 1 aliphatic heterocycles.